The van der Waals surface area contributed by atoms with Gasteiger partial charge >= 0.3 is 0 Å². The highest BCUT2D eigenvalue weighted by Gasteiger charge is 2.11. The molecule has 0 atom stereocenters. The van der Waals surface area contributed by atoms with Crippen molar-refractivity contribution in [2.75, 3.05) is 18.4 Å². The Balaban J connectivity index is 2.48. The van der Waals surface area contributed by atoms with E-state index in [1.54, 1.807) is 11.8 Å². The maximum Gasteiger partial charge on any atom is 0.226 e. The van der Waals surface area contributed by atoms with Crippen LogP contribution in [0.4, 0.5) is 5.69 Å². The molecule has 4 heteroatoms. The van der Waals surface area contributed by atoms with Gasteiger partial charge in [0.2, 0.25) is 11.8 Å². The number of amides is 2. The predicted octanol–water partition coefficient (Wildman–Crippen LogP) is 3.28. The second kappa shape index (κ2) is 8.45. The van der Waals surface area contributed by atoms with Crippen molar-refractivity contribution in [2.24, 2.45) is 0 Å². The smallest absolute Gasteiger partial charge is 0.226 e. The fourth-order valence-electron chi connectivity index (χ4n) is 2.05. The van der Waals surface area contributed by atoms with Crippen LogP contribution >= 0.6 is 0 Å². The number of hydrogen-bond acceptors (Lipinski definition) is 2. The van der Waals surface area contributed by atoms with Crippen molar-refractivity contribution in [2.45, 2.75) is 47.0 Å². The Morgan fingerprint density at radius 2 is 1.86 bits per heavy atom. The van der Waals surface area contributed by atoms with Crippen molar-refractivity contribution in [3.05, 3.63) is 29.3 Å². The second-order valence-electron chi connectivity index (χ2n) is 5.46. The van der Waals surface area contributed by atoms with E-state index in [0.717, 1.165) is 30.6 Å². The molecule has 0 aliphatic carbocycles. The van der Waals surface area contributed by atoms with Gasteiger partial charge in [0.25, 0.3) is 0 Å². The minimum Gasteiger partial charge on any atom is -0.342 e. The molecule has 0 saturated heterocycles. The summed E-state index contributed by atoms with van der Waals surface area (Å²) in [4.78, 5) is 25.2. The molecule has 1 aromatic carbocycles. The predicted molar refractivity (Wildman–Crippen MR) is 86.3 cm³/mol. The fraction of sp³-hybridized carbons (Fsp3) is 0.529. The number of hydrogen-bond donors (Lipinski definition) is 1. The SMILES string of the molecule is CCCCN(CCC(=O)Nc1ccc(C)c(C)c1)C(C)=O. The van der Waals surface area contributed by atoms with Crippen molar-refractivity contribution >= 4 is 17.5 Å². The van der Waals surface area contributed by atoms with Crippen LogP contribution in [-0.2, 0) is 9.59 Å². The largest absolute Gasteiger partial charge is 0.342 e. The number of benzene rings is 1. The molecule has 0 saturated carbocycles. The normalized spacial score (nSPS) is 10.3. The van der Waals surface area contributed by atoms with Gasteiger partial charge in [0.05, 0.1) is 0 Å². The summed E-state index contributed by atoms with van der Waals surface area (Å²) < 4.78 is 0. The van der Waals surface area contributed by atoms with Crippen LogP contribution in [0.3, 0.4) is 0 Å². The molecule has 116 valence electrons. The van der Waals surface area contributed by atoms with Gasteiger partial charge < -0.3 is 10.2 Å². The van der Waals surface area contributed by atoms with E-state index in [1.807, 2.05) is 32.0 Å². The molecule has 0 fully saturated rings. The molecule has 0 radical (unpaired) electrons. The third-order valence-electron chi connectivity index (χ3n) is 3.63. The second-order valence-corrected chi connectivity index (χ2v) is 5.46. The molecule has 0 unspecified atom stereocenters. The van der Waals surface area contributed by atoms with E-state index in [2.05, 4.69) is 12.2 Å². The molecule has 0 heterocycles. The molecular weight excluding hydrogens is 264 g/mol. The summed E-state index contributed by atoms with van der Waals surface area (Å²) in [6.45, 7) is 8.91. The molecule has 0 bridgehead atoms. The van der Waals surface area contributed by atoms with E-state index in [-0.39, 0.29) is 11.8 Å². The van der Waals surface area contributed by atoms with Gasteiger partial charge in [-0.15, -0.1) is 0 Å². The maximum atomic E-state index is 12.0. The molecule has 21 heavy (non-hydrogen) atoms. The molecule has 0 aliphatic rings. The molecule has 0 spiro atoms. The van der Waals surface area contributed by atoms with Crippen LogP contribution in [0.15, 0.2) is 18.2 Å². The van der Waals surface area contributed by atoms with Crippen LogP contribution in [0.2, 0.25) is 0 Å². The van der Waals surface area contributed by atoms with Crippen molar-refractivity contribution in [3.8, 4) is 0 Å². The monoisotopic (exact) mass is 290 g/mol. The number of aryl methyl sites for hydroxylation is 2. The molecule has 0 aromatic heterocycles. The third-order valence-corrected chi connectivity index (χ3v) is 3.63. The van der Waals surface area contributed by atoms with Crippen LogP contribution in [0.1, 0.15) is 44.2 Å². The van der Waals surface area contributed by atoms with Gasteiger partial charge in [0.15, 0.2) is 0 Å². The third kappa shape index (κ3) is 5.98. The first-order valence-electron chi connectivity index (χ1n) is 7.56. The summed E-state index contributed by atoms with van der Waals surface area (Å²) >= 11 is 0. The molecule has 1 aromatic rings. The topological polar surface area (TPSA) is 49.4 Å². The van der Waals surface area contributed by atoms with E-state index in [1.165, 1.54) is 5.56 Å². The summed E-state index contributed by atoms with van der Waals surface area (Å²) in [6, 6.07) is 5.86. The lowest BCUT2D eigenvalue weighted by Crippen LogP contribution is -2.32. The Morgan fingerprint density at radius 1 is 1.14 bits per heavy atom. The van der Waals surface area contributed by atoms with Gasteiger partial charge in [-0.2, -0.15) is 0 Å². The number of nitrogens with one attached hydrogen (secondary N) is 1. The van der Waals surface area contributed by atoms with Crippen molar-refractivity contribution in [1.29, 1.82) is 0 Å². The summed E-state index contributed by atoms with van der Waals surface area (Å²) in [6.07, 6.45) is 2.34. The van der Waals surface area contributed by atoms with E-state index in [0.29, 0.717) is 13.0 Å². The number of carbonyl (C=O) groups excluding carboxylic acids is 2. The number of carbonyl (C=O) groups is 2. The van der Waals surface area contributed by atoms with Gasteiger partial charge in [-0.3, -0.25) is 9.59 Å². The lowest BCUT2D eigenvalue weighted by Gasteiger charge is -2.20. The zero-order valence-electron chi connectivity index (χ0n) is 13.5. The van der Waals surface area contributed by atoms with Crippen molar-refractivity contribution < 1.29 is 9.59 Å². The van der Waals surface area contributed by atoms with Gasteiger partial charge in [-0.1, -0.05) is 19.4 Å². The highest BCUT2D eigenvalue weighted by atomic mass is 16.2. The van der Waals surface area contributed by atoms with Gasteiger partial charge in [0, 0.05) is 32.1 Å². The first-order valence-corrected chi connectivity index (χ1v) is 7.56. The molecule has 1 N–H and O–H groups in total. The minimum atomic E-state index is -0.0546. The summed E-state index contributed by atoms with van der Waals surface area (Å²) in [5.41, 5.74) is 3.17. The van der Waals surface area contributed by atoms with Crippen LogP contribution < -0.4 is 5.32 Å². The average Bonchev–Trinajstić information content (AvgIpc) is 2.42. The lowest BCUT2D eigenvalue weighted by molar-refractivity contribution is -0.129. The zero-order chi connectivity index (χ0) is 15.8. The molecule has 2 amide bonds. The van der Waals surface area contributed by atoms with E-state index >= 15 is 0 Å². The summed E-state index contributed by atoms with van der Waals surface area (Å²) in [5, 5.41) is 2.88. The van der Waals surface area contributed by atoms with E-state index in [4.69, 9.17) is 0 Å². The Hall–Kier alpha value is -1.84. The van der Waals surface area contributed by atoms with Crippen molar-refractivity contribution in [3.63, 3.8) is 0 Å². The molecule has 4 nitrogen and oxygen atoms in total. The molecule has 1 rings (SSSR count). The van der Waals surface area contributed by atoms with Gasteiger partial charge in [-0.05, 0) is 43.5 Å². The Labute approximate surface area is 127 Å². The fourth-order valence-corrected chi connectivity index (χ4v) is 2.05. The average molecular weight is 290 g/mol. The lowest BCUT2D eigenvalue weighted by atomic mass is 10.1. The highest BCUT2D eigenvalue weighted by Crippen LogP contribution is 2.14. The zero-order valence-corrected chi connectivity index (χ0v) is 13.5. The van der Waals surface area contributed by atoms with E-state index in [9.17, 15) is 9.59 Å². The molecule has 0 aliphatic heterocycles. The van der Waals surface area contributed by atoms with Crippen LogP contribution in [-0.4, -0.2) is 29.8 Å². The van der Waals surface area contributed by atoms with Gasteiger partial charge in [0.1, 0.15) is 0 Å². The van der Waals surface area contributed by atoms with Crippen LogP contribution in [0.25, 0.3) is 0 Å². The summed E-state index contributed by atoms with van der Waals surface area (Å²) in [5.74, 6) is -0.0246. The maximum absolute atomic E-state index is 12.0. The number of rotatable bonds is 7. The molecular formula is C17H26N2O2. The Morgan fingerprint density at radius 3 is 2.43 bits per heavy atom. The highest BCUT2D eigenvalue weighted by molar-refractivity contribution is 5.91. The number of unbranched alkanes of at least 4 members (excludes halogenated alkanes) is 1. The quantitative estimate of drug-likeness (QED) is 0.837. The first-order chi connectivity index (χ1) is 9.93. The summed E-state index contributed by atoms with van der Waals surface area (Å²) in [7, 11) is 0. The number of anilines is 1. The van der Waals surface area contributed by atoms with Crippen molar-refractivity contribution in [1.82, 2.24) is 4.90 Å². The minimum absolute atomic E-state index is 0.0300. The van der Waals surface area contributed by atoms with Gasteiger partial charge in [-0.25, -0.2) is 0 Å². The van der Waals surface area contributed by atoms with Crippen LogP contribution in [0.5, 0.6) is 0 Å². The van der Waals surface area contributed by atoms with Crippen LogP contribution in [0, 0.1) is 13.8 Å². The first kappa shape index (κ1) is 17.2. The standard InChI is InChI=1S/C17H26N2O2/c1-5-6-10-19(15(4)20)11-9-17(21)18-16-8-7-13(2)14(3)12-16/h7-8,12H,5-6,9-11H2,1-4H3,(H,18,21). The Bertz CT molecular complexity index is 498. The Kier molecular flexibility index (Phi) is 6.92. The number of nitrogens with zero attached hydrogens (tertiary/aromatic N) is 1. The van der Waals surface area contributed by atoms with E-state index < -0.39 is 0 Å².